The number of carbonyl (C=O) groups is 1. The predicted molar refractivity (Wildman–Crippen MR) is 45.5 cm³/mol. The van der Waals surface area contributed by atoms with Crippen molar-refractivity contribution in [2.75, 3.05) is 19.6 Å². The molecule has 1 aliphatic heterocycles. The van der Waals surface area contributed by atoms with Gasteiger partial charge in [0.05, 0.1) is 0 Å². The van der Waals surface area contributed by atoms with Gasteiger partial charge in [-0.2, -0.15) is 0 Å². The van der Waals surface area contributed by atoms with Gasteiger partial charge in [-0.15, -0.1) is 0 Å². The molecule has 0 spiro atoms. The first-order valence-corrected chi connectivity index (χ1v) is 4.49. The van der Waals surface area contributed by atoms with E-state index in [1.54, 1.807) is 0 Å². The second-order valence-corrected chi connectivity index (χ2v) is 3.34. The Bertz CT molecular complexity index is 144. The lowest BCUT2D eigenvalue weighted by molar-refractivity contribution is -0.122. The fraction of sp³-hybridized carbons (Fsp3) is 0.889. The minimum Gasteiger partial charge on any atom is -0.303 e. The Balaban J connectivity index is 2.44. The van der Waals surface area contributed by atoms with Crippen LogP contribution in [0.1, 0.15) is 26.7 Å². The van der Waals surface area contributed by atoms with Crippen molar-refractivity contribution in [3.05, 3.63) is 0 Å². The first kappa shape index (κ1) is 8.72. The maximum absolute atomic E-state index is 11.2. The quantitative estimate of drug-likeness (QED) is 0.569. The molecule has 0 bridgehead atoms. The molecule has 1 unspecified atom stereocenters. The number of Topliss-reactive ketones (excluding diaryl/α,β-unsaturated/α-hetero) is 1. The summed E-state index contributed by atoms with van der Waals surface area (Å²) in [5.41, 5.74) is 0. The van der Waals surface area contributed by atoms with E-state index in [1.807, 2.05) is 6.92 Å². The van der Waals surface area contributed by atoms with Gasteiger partial charge in [0.1, 0.15) is 5.78 Å². The SMILES string of the molecule is CCN1CCC(=O)C(C)CC1. The molecule has 1 atom stereocenters. The largest absolute Gasteiger partial charge is 0.303 e. The molecule has 11 heavy (non-hydrogen) atoms. The number of rotatable bonds is 1. The summed E-state index contributed by atoms with van der Waals surface area (Å²) in [6.45, 7) is 7.35. The Kier molecular flexibility index (Phi) is 3.06. The highest BCUT2D eigenvalue weighted by atomic mass is 16.1. The standard InChI is InChI=1S/C9H17NO/c1-3-10-6-4-8(2)9(11)5-7-10/h8H,3-7H2,1-2H3. The van der Waals surface area contributed by atoms with Crippen molar-refractivity contribution < 1.29 is 4.79 Å². The van der Waals surface area contributed by atoms with E-state index < -0.39 is 0 Å². The topological polar surface area (TPSA) is 20.3 Å². The summed E-state index contributed by atoms with van der Waals surface area (Å²) in [5.74, 6) is 0.743. The fourth-order valence-corrected chi connectivity index (χ4v) is 1.48. The van der Waals surface area contributed by atoms with E-state index >= 15 is 0 Å². The van der Waals surface area contributed by atoms with Crippen molar-refractivity contribution in [1.29, 1.82) is 0 Å². The van der Waals surface area contributed by atoms with Gasteiger partial charge in [-0.3, -0.25) is 4.79 Å². The van der Waals surface area contributed by atoms with Crippen molar-refractivity contribution in [2.45, 2.75) is 26.7 Å². The summed E-state index contributed by atoms with van der Waals surface area (Å²) in [6, 6.07) is 0. The van der Waals surface area contributed by atoms with Crippen LogP contribution >= 0.6 is 0 Å². The van der Waals surface area contributed by atoms with Gasteiger partial charge in [-0.05, 0) is 19.5 Å². The van der Waals surface area contributed by atoms with E-state index in [2.05, 4.69) is 11.8 Å². The Morgan fingerprint density at radius 3 is 2.91 bits per heavy atom. The molecular weight excluding hydrogens is 138 g/mol. The number of ketones is 1. The van der Waals surface area contributed by atoms with E-state index in [9.17, 15) is 4.79 Å². The Morgan fingerprint density at radius 1 is 1.55 bits per heavy atom. The summed E-state index contributed by atoms with van der Waals surface area (Å²) < 4.78 is 0. The zero-order valence-corrected chi connectivity index (χ0v) is 7.47. The Hall–Kier alpha value is -0.370. The summed E-state index contributed by atoms with van der Waals surface area (Å²) in [4.78, 5) is 13.6. The fourth-order valence-electron chi connectivity index (χ4n) is 1.48. The first-order chi connectivity index (χ1) is 5.24. The summed E-state index contributed by atoms with van der Waals surface area (Å²) >= 11 is 0. The van der Waals surface area contributed by atoms with Gasteiger partial charge in [-0.25, -0.2) is 0 Å². The normalized spacial score (nSPS) is 28.5. The lowest BCUT2D eigenvalue weighted by Gasteiger charge is -2.15. The van der Waals surface area contributed by atoms with Crippen LogP contribution in [0.2, 0.25) is 0 Å². The highest BCUT2D eigenvalue weighted by Gasteiger charge is 2.18. The van der Waals surface area contributed by atoms with Crippen LogP contribution in [0.3, 0.4) is 0 Å². The van der Waals surface area contributed by atoms with Crippen molar-refractivity contribution in [1.82, 2.24) is 4.90 Å². The highest BCUT2D eigenvalue weighted by Crippen LogP contribution is 2.12. The van der Waals surface area contributed by atoms with Gasteiger partial charge < -0.3 is 4.90 Å². The van der Waals surface area contributed by atoms with Crippen LogP contribution in [0, 0.1) is 5.92 Å². The average Bonchev–Trinajstić information content (AvgIpc) is 2.16. The lowest BCUT2D eigenvalue weighted by atomic mass is 10.0. The molecule has 0 aromatic carbocycles. The van der Waals surface area contributed by atoms with Crippen molar-refractivity contribution in [2.24, 2.45) is 5.92 Å². The number of carbonyl (C=O) groups excluding carboxylic acids is 1. The predicted octanol–water partition coefficient (Wildman–Crippen LogP) is 1.31. The van der Waals surface area contributed by atoms with E-state index in [-0.39, 0.29) is 0 Å². The van der Waals surface area contributed by atoms with Gasteiger partial charge in [-0.1, -0.05) is 13.8 Å². The molecule has 0 aliphatic carbocycles. The maximum atomic E-state index is 11.2. The van der Waals surface area contributed by atoms with Crippen molar-refractivity contribution >= 4 is 5.78 Å². The first-order valence-electron chi connectivity index (χ1n) is 4.49. The number of hydrogen-bond donors (Lipinski definition) is 0. The monoisotopic (exact) mass is 155 g/mol. The molecular formula is C9H17NO. The maximum Gasteiger partial charge on any atom is 0.137 e. The van der Waals surface area contributed by atoms with Crippen LogP contribution in [0.5, 0.6) is 0 Å². The molecule has 1 aliphatic rings. The zero-order valence-electron chi connectivity index (χ0n) is 7.47. The second-order valence-electron chi connectivity index (χ2n) is 3.34. The number of hydrogen-bond acceptors (Lipinski definition) is 2. The van der Waals surface area contributed by atoms with E-state index in [0.717, 1.165) is 32.5 Å². The third-order valence-corrected chi connectivity index (χ3v) is 2.55. The summed E-state index contributed by atoms with van der Waals surface area (Å²) in [5, 5.41) is 0. The zero-order chi connectivity index (χ0) is 8.27. The average molecular weight is 155 g/mol. The smallest absolute Gasteiger partial charge is 0.137 e. The van der Waals surface area contributed by atoms with Gasteiger partial charge in [0.2, 0.25) is 0 Å². The van der Waals surface area contributed by atoms with E-state index in [1.165, 1.54) is 0 Å². The molecule has 1 heterocycles. The second kappa shape index (κ2) is 3.86. The van der Waals surface area contributed by atoms with Crippen molar-refractivity contribution in [3.63, 3.8) is 0 Å². The molecule has 0 amide bonds. The van der Waals surface area contributed by atoms with Crippen LogP contribution < -0.4 is 0 Å². The summed E-state index contributed by atoms with van der Waals surface area (Å²) in [7, 11) is 0. The molecule has 0 aromatic rings. The van der Waals surface area contributed by atoms with Gasteiger partial charge in [0.25, 0.3) is 0 Å². The molecule has 1 fully saturated rings. The van der Waals surface area contributed by atoms with E-state index in [0.29, 0.717) is 11.7 Å². The molecule has 2 nitrogen and oxygen atoms in total. The molecule has 0 radical (unpaired) electrons. The summed E-state index contributed by atoms with van der Waals surface area (Å²) in [6.07, 6.45) is 1.81. The number of likely N-dealkylation sites (tertiary alicyclic amines) is 1. The van der Waals surface area contributed by atoms with Gasteiger partial charge >= 0.3 is 0 Å². The van der Waals surface area contributed by atoms with Gasteiger partial charge in [0, 0.05) is 18.9 Å². The van der Waals surface area contributed by atoms with Crippen LogP contribution in [0.4, 0.5) is 0 Å². The Morgan fingerprint density at radius 2 is 2.27 bits per heavy atom. The van der Waals surface area contributed by atoms with Crippen LogP contribution in [-0.4, -0.2) is 30.3 Å². The minimum absolute atomic E-state index is 0.298. The van der Waals surface area contributed by atoms with Crippen LogP contribution in [0.15, 0.2) is 0 Å². The molecule has 2 heteroatoms. The van der Waals surface area contributed by atoms with E-state index in [4.69, 9.17) is 0 Å². The third kappa shape index (κ3) is 2.29. The van der Waals surface area contributed by atoms with Gasteiger partial charge in [0.15, 0.2) is 0 Å². The lowest BCUT2D eigenvalue weighted by Crippen LogP contribution is -2.24. The van der Waals surface area contributed by atoms with Crippen molar-refractivity contribution in [3.8, 4) is 0 Å². The molecule has 0 aromatic heterocycles. The highest BCUT2D eigenvalue weighted by molar-refractivity contribution is 5.81. The number of nitrogens with zero attached hydrogens (tertiary/aromatic N) is 1. The Labute approximate surface area is 68.6 Å². The minimum atomic E-state index is 0.298. The van der Waals surface area contributed by atoms with Crippen LogP contribution in [-0.2, 0) is 4.79 Å². The molecule has 64 valence electrons. The molecule has 0 N–H and O–H groups in total. The molecule has 0 saturated carbocycles. The molecule has 1 saturated heterocycles. The molecule has 1 rings (SSSR count). The third-order valence-electron chi connectivity index (χ3n) is 2.55. The van der Waals surface area contributed by atoms with Crippen LogP contribution in [0.25, 0.3) is 0 Å².